The molecule has 0 atom stereocenters. The van der Waals surface area contributed by atoms with Crippen molar-refractivity contribution in [3.8, 4) is 0 Å². The summed E-state index contributed by atoms with van der Waals surface area (Å²) in [7, 11) is 0. The molecule has 0 aliphatic heterocycles. The van der Waals surface area contributed by atoms with Crippen molar-refractivity contribution in [3.63, 3.8) is 0 Å². The van der Waals surface area contributed by atoms with E-state index in [2.05, 4.69) is 15.5 Å². The predicted octanol–water partition coefficient (Wildman–Crippen LogP) is 2.59. The molecule has 0 unspecified atom stereocenters. The summed E-state index contributed by atoms with van der Waals surface area (Å²) in [6, 6.07) is 3.45. The van der Waals surface area contributed by atoms with Crippen LogP contribution in [0, 0.1) is 11.6 Å². The summed E-state index contributed by atoms with van der Waals surface area (Å²) in [5.41, 5.74) is -0.203. The van der Waals surface area contributed by atoms with E-state index in [0.29, 0.717) is 0 Å². The number of hydrogen-bond acceptors (Lipinski definition) is 2. The summed E-state index contributed by atoms with van der Waals surface area (Å²) in [6.07, 6.45) is 0.946. The van der Waals surface area contributed by atoms with E-state index in [4.69, 9.17) is 11.6 Å². The molecule has 2 N–H and O–H groups in total. The Morgan fingerprint density at radius 1 is 1.41 bits per heavy atom. The number of carbonyl (C=O) groups is 1. The van der Waals surface area contributed by atoms with Gasteiger partial charge in [0.2, 0.25) is 0 Å². The highest BCUT2D eigenvalue weighted by atomic mass is 35.5. The van der Waals surface area contributed by atoms with Gasteiger partial charge in [-0.05, 0) is 18.2 Å². The van der Waals surface area contributed by atoms with Crippen molar-refractivity contribution in [3.05, 3.63) is 46.7 Å². The number of halogens is 3. The molecule has 1 aromatic heterocycles. The Kier molecular flexibility index (Phi) is 3.06. The molecule has 17 heavy (non-hydrogen) atoms. The van der Waals surface area contributed by atoms with Gasteiger partial charge in [-0.25, -0.2) is 8.78 Å². The predicted molar refractivity (Wildman–Crippen MR) is 57.9 cm³/mol. The van der Waals surface area contributed by atoms with Gasteiger partial charge in [-0.1, -0.05) is 11.6 Å². The molecule has 0 radical (unpaired) electrons. The fraction of sp³-hybridized carbons (Fsp3) is 0. The lowest BCUT2D eigenvalue weighted by atomic mass is 10.3. The van der Waals surface area contributed by atoms with Gasteiger partial charge in [0, 0.05) is 0 Å². The molecule has 0 aliphatic rings. The maximum Gasteiger partial charge on any atom is 0.279 e. The number of hydrogen-bond donors (Lipinski definition) is 2. The molecular weight excluding hydrogens is 252 g/mol. The number of amides is 1. The zero-order chi connectivity index (χ0) is 12.4. The van der Waals surface area contributed by atoms with Crippen LogP contribution in [0.1, 0.15) is 10.5 Å². The summed E-state index contributed by atoms with van der Waals surface area (Å²) < 4.78 is 25.8. The first-order chi connectivity index (χ1) is 8.08. The third-order valence-corrected chi connectivity index (χ3v) is 2.30. The normalized spacial score (nSPS) is 10.3. The minimum absolute atomic E-state index is 0.0225. The molecular formula is C10H6ClF2N3O. The molecule has 1 aromatic carbocycles. The molecule has 2 aromatic rings. The topological polar surface area (TPSA) is 57.8 Å². The maximum atomic E-state index is 13.0. The first kappa shape index (κ1) is 11.5. The fourth-order valence-corrected chi connectivity index (χ4v) is 1.42. The van der Waals surface area contributed by atoms with E-state index in [1.54, 1.807) is 0 Å². The molecule has 2 rings (SSSR count). The lowest BCUT2D eigenvalue weighted by molar-refractivity contribution is 0.101. The standard InChI is InChI=1S/C10H6ClF2N3O/c11-6-3-5(12)1-2-8(6)15-10(17)9-7(13)4-14-16-9/h1-4H,(H,14,16)(H,15,17). The molecule has 0 fully saturated rings. The Balaban J connectivity index is 2.22. The van der Waals surface area contributed by atoms with Crippen LogP contribution in [0.5, 0.6) is 0 Å². The van der Waals surface area contributed by atoms with Crippen LogP contribution in [-0.4, -0.2) is 16.1 Å². The second-order valence-corrected chi connectivity index (χ2v) is 3.57. The molecule has 4 nitrogen and oxygen atoms in total. The van der Waals surface area contributed by atoms with E-state index in [9.17, 15) is 13.6 Å². The quantitative estimate of drug-likeness (QED) is 0.869. The number of rotatable bonds is 2. The third kappa shape index (κ3) is 2.42. The summed E-state index contributed by atoms with van der Waals surface area (Å²) in [4.78, 5) is 11.5. The molecule has 0 bridgehead atoms. The molecule has 0 saturated heterocycles. The molecule has 7 heteroatoms. The molecule has 0 spiro atoms. The fourth-order valence-electron chi connectivity index (χ4n) is 1.21. The van der Waals surface area contributed by atoms with Crippen LogP contribution < -0.4 is 5.32 Å². The van der Waals surface area contributed by atoms with Crippen molar-refractivity contribution in [2.75, 3.05) is 5.32 Å². The Morgan fingerprint density at radius 2 is 2.18 bits per heavy atom. The number of anilines is 1. The first-order valence-corrected chi connectivity index (χ1v) is 4.91. The molecule has 1 heterocycles. The smallest absolute Gasteiger partial charge is 0.279 e. The van der Waals surface area contributed by atoms with E-state index in [1.807, 2.05) is 0 Å². The number of nitrogens with zero attached hydrogens (tertiary/aromatic N) is 1. The van der Waals surface area contributed by atoms with Gasteiger partial charge in [-0.3, -0.25) is 9.89 Å². The number of aromatic nitrogens is 2. The van der Waals surface area contributed by atoms with E-state index in [-0.39, 0.29) is 16.4 Å². The monoisotopic (exact) mass is 257 g/mol. The molecule has 88 valence electrons. The number of H-pyrrole nitrogens is 1. The van der Waals surface area contributed by atoms with Gasteiger partial charge >= 0.3 is 0 Å². The van der Waals surface area contributed by atoms with Crippen molar-refractivity contribution >= 4 is 23.2 Å². The second-order valence-electron chi connectivity index (χ2n) is 3.16. The highest BCUT2D eigenvalue weighted by molar-refractivity contribution is 6.33. The van der Waals surface area contributed by atoms with Gasteiger partial charge in [0.25, 0.3) is 5.91 Å². The van der Waals surface area contributed by atoms with Crippen LogP contribution in [0.3, 0.4) is 0 Å². The van der Waals surface area contributed by atoms with Crippen molar-refractivity contribution in [1.82, 2.24) is 10.2 Å². The lowest BCUT2D eigenvalue weighted by Crippen LogP contribution is -2.14. The molecule has 1 amide bonds. The van der Waals surface area contributed by atoms with E-state index < -0.39 is 17.5 Å². The Bertz CT molecular complexity index is 570. The van der Waals surface area contributed by atoms with Gasteiger partial charge in [0.05, 0.1) is 16.9 Å². The summed E-state index contributed by atoms with van der Waals surface area (Å²) in [6.45, 7) is 0. The van der Waals surface area contributed by atoms with E-state index >= 15 is 0 Å². The zero-order valence-electron chi connectivity index (χ0n) is 8.30. The number of nitrogens with one attached hydrogen (secondary N) is 2. The van der Waals surface area contributed by atoms with E-state index in [1.165, 1.54) is 6.07 Å². The number of benzene rings is 1. The van der Waals surface area contributed by atoms with Crippen LogP contribution in [0.25, 0.3) is 0 Å². The van der Waals surface area contributed by atoms with Gasteiger partial charge in [-0.2, -0.15) is 5.10 Å². The first-order valence-electron chi connectivity index (χ1n) is 4.53. The minimum atomic E-state index is -0.777. The van der Waals surface area contributed by atoms with Crippen molar-refractivity contribution in [2.24, 2.45) is 0 Å². The van der Waals surface area contributed by atoms with E-state index in [0.717, 1.165) is 18.3 Å². The highest BCUT2D eigenvalue weighted by Crippen LogP contribution is 2.22. The largest absolute Gasteiger partial charge is 0.319 e. The van der Waals surface area contributed by atoms with Gasteiger partial charge < -0.3 is 5.32 Å². The lowest BCUT2D eigenvalue weighted by Gasteiger charge is -2.05. The average Bonchev–Trinajstić information content (AvgIpc) is 2.68. The van der Waals surface area contributed by atoms with Crippen molar-refractivity contribution in [1.29, 1.82) is 0 Å². The van der Waals surface area contributed by atoms with Crippen LogP contribution in [0.15, 0.2) is 24.4 Å². The SMILES string of the molecule is O=C(Nc1ccc(F)cc1Cl)c1n[nH]cc1F. The second kappa shape index (κ2) is 4.50. The molecule has 0 saturated carbocycles. The van der Waals surface area contributed by atoms with Crippen molar-refractivity contribution < 1.29 is 13.6 Å². The van der Waals surface area contributed by atoms with Crippen LogP contribution in [0.4, 0.5) is 14.5 Å². The Hall–Kier alpha value is -1.95. The summed E-state index contributed by atoms with van der Waals surface area (Å²) in [5.74, 6) is -2.07. The summed E-state index contributed by atoms with van der Waals surface area (Å²) in [5, 5.41) is 7.98. The Morgan fingerprint density at radius 3 is 2.76 bits per heavy atom. The maximum absolute atomic E-state index is 13.0. The van der Waals surface area contributed by atoms with Gasteiger partial charge in [0.1, 0.15) is 5.82 Å². The average molecular weight is 258 g/mol. The Labute approximate surface area is 99.6 Å². The minimum Gasteiger partial charge on any atom is -0.319 e. The number of aromatic amines is 1. The number of carbonyl (C=O) groups excluding carboxylic acids is 1. The zero-order valence-corrected chi connectivity index (χ0v) is 9.05. The van der Waals surface area contributed by atoms with Crippen molar-refractivity contribution in [2.45, 2.75) is 0 Å². The third-order valence-electron chi connectivity index (χ3n) is 1.99. The van der Waals surface area contributed by atoms with Crippen LogP contribution in [0.2, 0.25) is 5.02 Å². The van der Waals surface area contributed by atoms with Gasteiger partial charge in [0.15, 0.2) is 11.5 Å². The summed E-state index contributed by atoms with van der Waals surface area (Å²) >= 11 is 5.70. The van der Waals surface area contributed by atoms with Crippen LogP contribution in [-0.2, 0) is 0 Å². The van der Waals surface area contributed by atoms with Crippen LogP contribution >= 0.6 is 11.6 Å². The highest BCUT2D eigenvalue weighted by Gasteiger charge is 2.15. The van der Waals surface area contributed by atoms with Gasteiger partial charge in [-0.15, -0.1) is 0 Å². The molecule has 0 aliphatic carbocycles.